The van der Waals surface area contributed by atoms with Crippen LogP contribution < -0.4 is 4.90 Å². The van der Waals surface area contributed by atoms with Crippen LogP contribution in [-0.2, 0) is 6.54 Å². The maximum atomic E-state index is 13.5. The molecule has 1 amide bonds. The summed E-state index contributed by atoms with van der Waals surface area (Å²) in [7, 11) is 0. The summed E-state index contributed by atoms with van der Waals surface area (Å²) >= 11 is 0. The van der Waals surface area contributed by atoms with E-state index in [1.807, 2.05) is 33.7 Å². The summed E-state index contributed by atoms with van der Waals surface area (Å²) in [4.78, 5) is 28.4. The van der Waals surface area contributed by atoms with Crippen molar-refractivity contribution >= 4 is 28.4 Å². The number of hydrogen-bond acceptors (Lipinski definition) is 5. The number of amides is 1. The van der Waals surface area contributed by atoms with E-state index in [-0.39, 0.29) is 11.6 Å². The lowest BCUT2D eigenvalue weighted by Crippen LogP contribution is -2.49. The van der Waals surface area contributed by atoms with E-state index in [9.17, 15) is 14.9 Å². The number of nitro groups is 1. The summed E-state index contributed by atoms with van der Waals surface area (Å²) in [5.41, 5.74) is 5.16. The number of non-ortho nitro benzene ring substituents is 1. The Morgan fingerprint density at radius 1 is 1.03 bits per heavy atom. The Morgan fingerprint density at radius 2 is 1.82 bits per heavy atom. The number of rotatable bonds is 5. The van der Waals surface area contributed by atoms with Gasteiger partial charge in [0.2, 0.25) is 0 Å². The molecule has 1 aliphatic rings. The van der Waals surface area contributed by atoms with Crippen molar-refractivity contribution in [1.29, 1.82) is 0 Å². The van der Waals surface area contributed by atoms with Crippen molar-refractivity contribution < 1.29 is 14.1 Å². The number of carbonyl (C=O) groups excluding carboxylic acids is 1. The Balaban J connectivity index is 1.38. The van der Waals surface area contributed by atoms with Crippen LogP contribution >= 0.6 is 0 Å². The number of carbonyl (C=O) groups is 1. The lowest BCUT2D eigenvalue weighted by molar-refractivity contribution is -0.384. The molecule has 0 saturated carbocycles. The van der Waals surface area contributed by atoms with E-state index in [1.54, 1.807) is 24.5 Å². The smallest absolute Gasteiger partial charge is 0.270 e. The van der Waals surface area contributed by atoms with Gasteiger partial charge >= 0.3 is 0 Å². The first-order valence-electron chi connectivity index (χ1n) is 10.9. The van der Waals surface area contributed by atoms with Gasteiger partial charge in [-0.25, -0.2) is 0 Å². The van der Waals surface area contributed by atoms with Crippen molar-refractivity contribution in [2.24, 2.45) is 0 Å². The zero-order valence-corrected chi connectivity index (χ0v) is 18.3. The number of aryl methyl sites for hydroxylation is 1. The molecule has 0 atom stereocenters. The molecule has 0 unspecified atom stereocenters. The fraction of sp³-hybridized carbons (Fsp3) is 0.240. The average molecular weight is 444 g/mol. The van der Waals surface area contributed by atoms with E-state index in [4.69, 9.17) is 4.42 Å². The van der Waals surface area contributed by atoms with Crippen LogP contribution in [0.5, 0.6) is 0 Å². The van der Waals surface area contributed by atoms with E-state index in [2.05, 4.69) is 24.0 Å². The van der Waals surface area contributed by atoms with Gasteiger partial charge in [-0.1, -0.05) is 30.3 Å². The highest BCUT2D eigenvalue weighted by Crippen LogP contribution is 2.26. The monoisotopic (exact) mass is 444 g/mol. The lowest BCUT2D eigenvalue weighted by Gasteiger charge is -2.36. The molecule has 0 aliphatic carbocycles. The van der Waals surface area contributed by atoms with Crippen LogP contribution in [0, 0.1) is 17.0 Å². The summed E-state index contributed by atoms with van der Waals surface area (Å²) in [5.74, 6) is -0.0590. The molecule has 0 N–H and O–H groups in total. The number of hydrogen-bond donors (Lipinski definition) is 0. The number of benzene rings is 2. The highest BCUT2D eigenvalue weighted by atomic mass is 16.6. The lowest BCUT2D eigenvalue weighted by atomic mass is 10.1. The van der Waals surface area contributed by atoms with Crippen LogP contribution in [0.15, 0.2) is 71.3 Å². The molecule has 2 aromatic heterocycles. The van der Waals surface area contributed by atoms with Gasteiger partial charge in [0, 0.05) is 62.7 Å². The minimum atomic E-state index is -0.410. The van der Waals surface area contributed by atoms with Gasteiger partial charge < -0.3 is 18.8 Å². The Morgan fingerprint density at radius 3 is 2.58 bits per heavy atom. The van der Waals surface area contributed by atoms with E-state index in [0.717, 1.165) is 24.2 Å². The zero-order valence-electron chi connectivity index (χ0n) is 18.3. The molecule has 168 valence electrons. The Labute approximate surface area is 190 Å². The third-order valence-electron chi connectivity index (χ3n) is 6.23. The third kappa shape index (κ3) is 3.95. The molecule has 2 aromatic carbocycles. The van der Waals surface area contributed by atoms with Crippen LogP contribution in [0.25, 0.3) is 11.1 Å². The molecule has 8 heteroatoms. The van der Waals surface area contributed by atoms with Crippen molar-refractivity contribution in [3.05, 3.63) is 93.9 Å². The van der Waals surface area contributed by atoms with Crippen LogP contribution in [-0.4, -0.2) is 46.5 Å². The predicted molar refractivity (Wildman–Crippen MR) is 126 cm³/mol. The Bertz CT molecular complexity index is 1330. The van der Waals surface area contributed by atoms with Crippen molar-refractivity contribution in [2.75, 3.05) is 31.1 Å². The second-order valence-corrected chi connectivity index (χ2v) is 8.28. The minimum Gasteiger partial charge on any atom is -0.463 e. The molecule has 33 heavy (non-hydrogen) atoms. The highest BCUT2D eigenvalue weighted by Gasteiger charge is 2.26. The van der Waals surface area contributed by atoms with Gasteiger partial charge in [0.1, 0.15) is 5.69 Å². The molecule has 1 aliphatic heterocycles. The third-order valence-corrected chi connectivity index (χ3v) is 6.23. The van der Waals surface area contributed by atoms with Gasteiger partial charge in [0.15, 0.2) is 5.58 Å². The number of nitro benzene ring substituents is 1. The van der Waals surface area contributed by atoms with Crippen molar-refractivity contribution in [2.45, 2.75) is 13.5 Å². The molecule has 3 heterocycles. The molecule has 0 bridgehead atoms. The summed E-state index contributed by atoms with van der Waals surface area (Å²) in [6, 6.07) is 18.4. The summed E-state index contributed by atoms with van der Waals surface area (Å²) in [5, 5.41) is 11.2. The van der Waals surface area contributed by atoms with Gasteiger partial charge in [-0.05, 0) is 24.1 Å². The molecule has 0 radical (unpaired) electrons. The Hall–Kier alpha value is -4.07. The first kappa shape index (κ1) is 20.8. The second kappa shape index (κ2) is 8.46. The van der Waals surface area contributed by atoms with Crippen LogP contribution in [0.1, 0.15) is 21.6 Å². The molecule has 1 fully saturated rings. The van der Waals surface area contributed by atoms with Crippen molar-refractivity contribution in [3.8, 4) is 0 Å². The highest BCUT2D eigenvalue weighted by molar-refractivity contribution is 5.97. The quantitative estimate of drug-likeness (QED) is 0.335. The van der Waals surface area contributed by atoms with Gasteiger partial charge in [-0.3, -0.25) is 14.9 Å². The summed E-state index contributed by atoms with van der Waals surface area (Å²) in [6.07, 6.45) is 1.59. The van der Waals surface area contributed by atoms with Gasteiger partial charge in [0.25, 0.3) is 11.6 Å². The number of para-hydroxylation sites is 1. The molecule has 1 saturated heterocycles. The molecule has 0 spiro atoms. The SMILES string of the molecule is Cc1ccccc1N1CCN(C(=O)c2cc3occc3n2Cc2cccc([N+](=O)[O-])c2)CC1. The molecule has 5 rings (SSSR count). The number of anilines is 1. The standard InChI is InChI=1S/C25H24N4O4/c1-18-5-2-3-8-21(18)26-10-12-27(13-11-26)25(30)23-16-24-22(9-14-33-24)28(23)17-19-6-4-7-20(15-19)29(31)32/h2-9,14-16H,10-13,17H2,1H3. The topological polar surface area (TPSA) is 84.8 Å². The molecular formula is C25H24N4O4. The molecule has 8 nitrogen and oxygen atoms in total. The zero-order chi connectivity index (χ0) is 22.9. The molecule has 4 aromatic rings. The first-order chi connectivity index (χ1) is 16.0. The van der Waals surface area contributed by atoms with Crippen molar-refractivity contribution in [1.82, 2.24) is 9.47 Å². The van der Waals surface area contributed by atoms with Gasteiger partial charge in [0.05, 0.1) is 16.7 Å². The van der Waals surface area contributed by atoms with E-state index in [0.29, 0.717) is 30.9 Å². The fourth-order valence-electron chi connectivity index (χ4n) is 4.51. The average Bonchev–Trinajstić information content (AvgIpc) is 3.42. The van der Waals surface area contributed by atoms with Gasteiger partial charge in [-0.15, -0.1) is 0 Å². The first-order valence-corrected chi connectivity index (χ1v) is 10.9. The van der Waals surface area contributed by atoms with E-state index in [1.165, 1.54) is 17.3 Å². The fourth-order valence-corrected chi connectivity index (χ4v) is 4.51. The maximum Gasteiger partial charge on any atom is 0.270 e. The number of fused-ring (bicyclic) bond motifs is 1. The van der Waals surface area contributed by atoms with Crippen LogP contribution in [0.2, 0.25) is 0 Å². The second-order valence-electron chi connectivity index (χ2n) is 8.28. The van der Waals surface area contributed by atoms with Crippen LogP contribution in [0.4, 0.5) is 11.4 Å². The van der Waals surface area contributed by atoms with Crippen LogP contribution in [0.3, 0.4) is 0 Å². The maximum absolute atomic E-state index is 13.5. The van der Waals surface area contributed by atoms with Gasteiger partial charge in [-0.2, -0.15) is 0 Å². The largest absolute Gasteiger partial charge is 0.463 e. The number of furan rings is 1. The number of aromatic nitrogens is 1. The predicted octanol–water partition coefficient (Wildman–Crippen LogP) is 4.46. The number of nitrogens with zero attached hydrogens (tertiary/aromatic N) is 4. The van der Waals surface area contributed by atoms with E-state index < -0.39 is 4.92 Å². The summed E-state index contributed by atoms with van der Waals surface area (Å²) in [6.45, 7) is 5.21. The van der Waals surface area contributed by atoms with E-state index >= 15 is 0 Å². The minimum absolute atomic E-state index is 0.0308. The van der Waals surface area contributed by atoms with Crippen molar-refractivity contribution in [3.63, 3.8) is 0 Å². The normalized spacial score (nSPS) is 14.1. The summed E-state index contributed by atoms with van der Waals surface area (Å²) < 4.78 is 7.44. The molecular weight excluding hydrogens is 420 g/mol. The Kier molecular flexibility index (Phi) is 5.34. The number of piperazine rings is 1.